The van der Waals surface area contributed by atoms with Crippen LogP contribution in [-0.2, 0) is 11.2 Å². The molecule has 2 heterocycles. The second-order valence-corrected chi connectivity index (χ2v) is 5.29. The molecule has 0 radical (unpaired) electrons. The highest BCUT2D eigenvalue weighted by atomic mass is 32.1. The van der Waals surface area contributed by atoms with Crippen LogP contribution in [0.4, 0.5) is 5.69 Å². The smallest absolute Gasteiger partial charge is 0.327 e. The zero-order chi connectivity index (χ0) is 13.4. The maximum Gasteiger partial charge on any atom is 0.327 e. The van der Waals surface area contributed by atoms with Crippen molar-refractivity contribution in [1.82, 2.24) is 0 Å². The van der Waals surface area contributed by atoms with Crippen LogP contribution in [0.5, 0.6) is 0 Å². The van der Waals surface area contributed by atoms with Gasteiger partial charge in [-0.3, -0.25) is 9.69 Å². The quantitative estimate of drug-likeness (QED) is 0.914. The van der Waals surface area contributed by atoms with Crippen molar-refractivity contribution in [1.29, 1.82) is 0 Å². The lowest BCUT2D eigenvalue weighted by atomic mass is 10.1. The van der Waals surface area contributed by atoms with Crippen LogP contribution in [0.15, 0.2) is 41.8 Å². The minimum atomic E-state index is -0.971. The molecule has 0 fully saturated rings. The molecule has 0 saturated carbocycles. The number of benzene rings is 1. The van der Waals surface area contributed by atoms with E-state index >= 15 is 0 Å². The van der Waals surface area contributed by atoms with E-state index in [0.717, 1.165) is 5.56 Å². The van der Waals surface area contributed by atoms with Crippen molar-refractivity contribution in [3.05, 3.63) is 52.2 Å². The number of anilines is 1. The van der Waals surface area contributed by atoms with E-state index < -0.39 is 12.0 Å². The number of amides is 1. The van der Waals surface area contributed by atoms with Gasteiger partial charge in [0.15, 0.2) is 0 Å². The standard InChI is InChI=1S/C14H11NO3S/c16-13(12-6-3-7-19-12)15-10-5-2-1-4-9(10)8-11(15)14(17)18/h1-7,11H,8H2,(H,17,18). The second kappa shape index (κ2) is 4.51. The third kappa shape index (κ3) is 1.92. The van der Waals surface area contributed by atoms with Crippen LogP contribution < -0.4 is 4.90 Å². The SMILES string of the molecule is O=C(O)C1Cc2ccccc2N1C(=O)c1cccs1. The lowest BCUT2D eigenvalue weighted by Gasteiger charge is -2.21. The van der Waals surface area contributed by atoms with Crippen LogP contribution in [-0.4, -0.2) is 23.0 Å². The van der Waals surface area contributed by atoms with Gasteiger partial charge in [-0.15, -0.1) is 11.3 Å². The fourth-order valence-corrected chi connectivity index (χ4v) is 3.01. The Labute approximate surface area is 113 Å². The van der Waals surface area contributed by atoms with Gasteiger partial charge in [0.1, 0.15) is 6.04 Å². The first kappa shape index (κ1) is 11.9. The monoisotopic (exact) mass is 273 g/mol. The molecule has 1 aliphatic heterocycles. The molecule has 1 aliphatic rings. The Bertz CT molecular complexity index is 636. The number of hydrogen-bond acceptors (Lipinski definition) is 3. The normalized spacial score (nSPS) is 17.3. The van der Waals surface area contributed by atoms with Crippen LogP contribution in [0.25, 0.3) is 0 Å². The van der Waals surface area contributed by atoms with Crippen LogP contribution in [0.1, 0.15) is 15.2 Å². The zero-order valence-electron chi connectivity index (χ0n) is 9.95. The summed E-state index contributed by atoms with van der Waals surface area (Å²) < 4.78 is 0. The van der Waals surface area contributed by atoms with Crippen LogP contribution >= 0.6 is 11.3 Å². The molecule has 1 amide bonds. The van der Waals surface area contributed by atoms with Gasteiger partial charge in [-0.25, -0.2) is 4.79 Å². The summed E-state index contributed by atoms with van der Waals surface area (Å²) in [5.74, 6) is -1.21. The van der Waals surface area contributed by atoms with E-state index in [9.17, 15) is 14.7 Å². The van der Waals surface area contributed by atoms with E-state index in [-0.39, 0.29) is 5.91 Å². The Morgan fingerprint density at radius 2 is 2.00 bits per heavy atom. The molecule has 96 valence electrons. The molecule has 1 N–H and O–H groups in total. The Hall–Kier alpha value is -2.14. The number of carbonyl (C=O) groups excluding carboxylic acids is 1. The largest absolute Gasteiger partial charge is 0.480 e. The summed E-state index contributed by atoms with van der Waals surface area (Å²) in [6.45, 7) is 0. The average Bonchev–Trinajstić information content (AvgIpc) is 3.05. The van der Waals surface area contributed by atoms with Crippen molar-refractivity contribution >= 4 is 28.9 Å². The van der Waals surface area contributed by atoms with Crippen LogP contribution in [0.3, 0.4) is 0 Å². The van der Waals surface area contributed by atoms with Crippen molar-refractivity contribution in [2.75, 3.05) is 4.90 Å². The fraction of sp³-hybridized carbons (Fsp3) is 0.143. The number of hydrogen-bond donors (Lipinski definition) is 1. The van der Waals surface area contributed by atoms with E-state index in [1.807, 2.05) is 23.6 Å². The lowest BCUT2D eigenvalue weighted by Crippen LogP contribution is -2.42. The van der Waals surface area contributed by atoms with Gasteiger partial charge in [0, 0.05) is 12.1 Å². The highest BCUT2D eigenvalue weighted by Gasteiger charge is 2.38. The van der Waals surface area contributed by atoms with E-state index in [2.05, 4.69) is 0 Å². The van der Waals surface area contributed by atoms with Crippen molar-refractivity contribution < 1.29 is 14.7 Å². The summed E-state index contributed by atoms with van der Waals surface area (Å²) in [5, 5.41) is 11.1. The molecule has 1 aromatic heterocycles. The van der Waals surface area contributed by atoms with Gasteiger partial charge >= 0.3 is 5.97 Å². The van der Waals surface area contributed by atoms with Crippen molar-refractivity contribution in [3.8, 4) is 0 Å². The van der Waals surface area contributed by atoms with Gasteiger partial charge in [0.25, 0.3) is 5.91 Å². The van der Waals surface area contributed by atoms with E-state index in [4.69, 9.17) is 0 Å². The minimum Gasteiger partial charge on any atom is -0.480 e. The Kier molecular flexibility index (Phi) is 2.83. The number of rotatable bonds is 2. The third-order valence-corrected chi connectivity index (χ3v) is 4.07. The molecule has 0 aliphatic carbocycles. The molecular weight excluding hydrogens is 262 g/mol. The molecule has 0 bridgehead atoms. The van der Waals surface area contributed by atoms with Gasteiger partial charge in [-0.2, -0.15) is 0 Å². The maximum absolute atomic E-state index is 12.5. The van der Waals surface area contributed by atoms with Crippen molar-refractivity contribution in [3.63, 3.8) is 0 Å². The molecule has 19 heavy (non-hydrogen) atoms. The average molecular weight is 273 g/mol. The number of thiophene rings is 1. The topological polar surface area (TPSA) is 57.6 Å². The van der Waals surface area contributed by atoms with Crippen molar-refractivity contribution in [2.45, 2.75) is 12.5 Å². The Balaban J connectivity index is 2.05. The summed E-state index contributed by atoms with van der Waals surface area (Å²) in [5.41, 5.74) is 1.60. The predicted molar refractivity (Wildman–Crippen MR) is 72.7 cm³/mol. The fourth-order valence-electron chi connectivity index (χ4n) is 2.35. The molecule has 4 nitrogen and oxygen atoms in total. The van der Waals surface area contributed by atoms with Crippen LogP contribution in [0.2, 0.25) is 0 Å². The number of carboxylic acids is 1. The first-order valence-electron chi connectivity index (χ1n) is 5.86. The maximum atomic E-state index is 12.5. The number of aliphatic carboxylic acids is 1. The van der Waals surface area contributed by atoms with E-state index in [1.165, 1.54) is 16.2 Å². The number of carboxylic acid groups (broad SMARTS) is 1. The van der Waals surface area contributed by atoms with Gasteiger partial charge in [0.2, 0.25) is 0 Å². The molecule has 1 aromatic carbocycles. The summed E-state index contributed by atoms with van der Waals surface area (Å²) in [6, 6.07) is 10.0. The molecule has 0 saturated heterocycles. The van der Waals surface area contributed by atoms with Gasteiger partial charge in [0.05, 0.1) is 4.88 Å². The number of nitrogens with zero attached hydrogens (tertiary/aromatic N) is 1. The number of fused-ring (bicyclic) bond motifs is 1. The van der Waals surface area contributed by atoms with Crippen LogP contribution in [0, 0.1) is 0 Å². The second-order valence-electron chi connectivity index (χ2n) is 4.34. The van der Waals surface area contributed by atoms with Gasteiger partial charge < -0.3 is 5.11 Å². The molecule has 3 rings (SSSR count). The van der Waals surface area contributed by atoms with E-state index in [1.54, 1.807) is 18.2 Å². The van der Waals surface area contributed by atoms with Crippen molar-refractivity contribution in [2.24, 2.45) is 0 Å². The first-order chi connectivity index (χ1) is 9.18. The summed E-state index contributed by atoms with van der Waals surface area (Å²) in [6.07, 6.45) is 0.364. The zero-order valence-corrected chi connectivity index (χ0v) is 10.8. The summed E-state index contributed by atoms with van der Waals surface area (Å²) >= 11 is 1.32. The van der Waals surface area contributed by atoms with E-state index in [0.29, 0.717) is 17.0 Å². The summed E-state index contributed by atoms with van der Waals surface area (Å²) in [4.78, 5) is 25.8. The molecular formula is C14H11NO3S. The molecule has 1 atom stereocenters. The minimum absolute atomic E-state index is 0.243. The molecule has 2 aromatic rings. The van der Waals surface area contributed by atoms with Gasteiger partial charge in [-0.1, -0.05) is 24.3 Å². The highest BCUT2D eigenvalue weighted by Crippen LogP contribution is 2.33. The molecule has 5 heteroatoms. The number of carbonyl (C=O) groups is 2. The predicted octanol–water partition coefficient (Wildman–Crippen LogP) is 2.40. The van der Waals surface area contributed by atoms with Gasteiger partial charge in [-0.05, 0) is 23.1 Å². The Morgan fingerprint density at radius 1 is 1.21 bits per heavy atom. The highest BCUT2D eigenvalue weighted by molar-refractivity contribution is 7.12. The summed E-state index contributed by atoms with van der Waals surface area (Å²) in [7, 11) is 0. The number of para-hydroxylation sites is 1. The molecule has 0 spiro atoms. The Morgan fingerprint density at radius 3 is 2.68 bits per heavy atom. The lowest BCUT2D eigenvalue weighted by molar-refractivity contribution is -0.138. The third-order valence-electron chi connectivity index (χ3n) is 3.21. The first-order valence-corrected chi connectivity index (χ1v) is 6.74. The molecule has 1 unspecified atom stereocenters.